The first-order valence-electron chi connectivity index (χ1n) is 11.7. The van der Waals surface area contributed by atoms with Crippen LogP contribution in [0, 0.1) is 0 Å². The zero-order chi connectivity index (χ0) is 27.6. The standard InChI is InChI=1S/C25H32F3N3O5S/c1-24(2,3)36-30-16-6-15-29(4)22(23(30)32)17-31(37(5,33)34)19-9-13-21(14-10-19)35-20-11-7-18(8-12-20)25(26,27)28/h7-14,22H,6,15-17H2,1-5H3/t22-/m0/s1. The van der Waals surface area contributed by atoms with Crippen molar-refractivity contribution in [3.8, 4) is 11.5 Å². The first-order valence-corrected chi connectivity index (χ1v) is 13.5. The Morgan fingerprint density at radius 2 is 1.51 bits per heavy atom. The van der Waals surface area contributed by atoms with Gasteiger partial charge in [0.2, 0.25) is 10.0 Å². The Kier molecular flexibility index (Phi) is 8.45. The number of hydroxylamine groups is 2. The van der Waals surface area contributed by atoms with Crippen LogP contribution in [-0.4, -0.2) is 68.9 Å². The van der Waals surface area contributed by atoms with Crippen molar-refractivity contribution in [1.82, 2.24) is 9.96 Å². The molecule has 8 nitrogen and oxygen atoms in total. The van der Waals surface area contributed by atoms with E-state index in [4.69, 9.17) is 9.57 Å². The number of anilines is 1. The second-order valence-corrected chi connectivity index (χ2v) is 11.8. The molecule has 1 aliphatic rings. The molecule has 1 heterocycles. The van der Waals surface area contributed by atoms with E-state index in [2.05, 4.69) is 0 Å². The van der Waals surface area contributed by atoms with Crippen molar-refractivity contribution in [2.45, 2.75) is 45.0 Å². The minimum atomic E-state index is -4.45. The topological polar surface area (TPSA) is 79.4 Å². The van der Waals surface area contributed by atoms with Crippen LogP contribution in [0.5, 0.6) is 11.5 Å². The largest absolute Gasteiger partial charge is 0.457 e. The SMILES string of the molecule is CN1CCCN(OC(C)(C)C)C(=O)[C@@H]1CN(c1ccc(Oc2ccc(C(F)(F)F)cc2)cc1)S(C)(=O)=O. The Hall–Kier alpha value is -2.83. The number of carbonyl (C=O) groups excluding carboxylic acids is 1. The molecule has 0 unspecified atom stereocenters. The monoisotopic (exact) mass is 543 g/mol. The minimum absolute atomic E-state index is 0.128. The van der Waals surface area contributed by atoms with Gasteiger partial charge in [-0.1, -0.05) is 0 Å². The second kappa shape index (κ2) is 10.9. The van der Waals surface area contributed by atoms with Crippen molar-refractivity contribution < 1.29 is 36.0 Å². The molecule has 1 saturated heterocycles. The lowest BCUT2D eigenvalue weighted by Crippen LogP contribution is -2.52. The van der Waals surface area contributed by atoms with E-state index in [1.807, 2.05) is 25.7 Å². The van der Waals surface area contributed by atoms with Crippen molar-refractivity contribution in [3.05, 3.63) is 54.1 Å². The summed E-state index contributed by atoms with van der Waals surface area (Å²) < 4.78 is 70.5. The van der Waals surface area contributed by atoms with Gasteiger partial charge in [-0.15, -0.1) is 0 Å². The lowest BCUT2D eigenvalue weighted by Gasteiger charge is -2.34. The fraction of sp³-hybridized carbons (Fsp3) is 0.480. The molecule has 1 aliphatic heterocycles. The van der Waals surface area contributed by atoms with Gasteiger partial charge in [0.05, 0.1) is 29.7 Å². The number of hydrogen-bond donors (Lipinski definition) is 0. The number of rotatable bonds is 7. The third kappa shape index (κ3) is 7.83. The van der Waals surface area contributed by atoms with Gasteiger partial charge >= 0.3 is 6.18 Å². The maximum absolute atomic E-state index is 13.3. The summed E-state index contributed by atoms with van der Waals surface area (Å²) in [5.74, 6) is 0.181. The van der Waals surface area contributed by atoms with Gasteiger partial charge in [-0.3, -0.25) is 18.8 Å². The van der Waals surface area contributed by atoms with Crippen LogP contribution in [0.25, 0.3) is 0 Å². The third-order valence-corrected chi connectivity index (χ3v) is 6.76. The van der Waals surface area contributed by atoms with Crippen LogP contribution < -0.4 is 9.04 Å². The van der Waals surface area contributed by atoms with E-state index in [0.29, 0.717) is 30.9 Å². The van der Waals surface area contributed by atoms with E-state index in [1.54, 1.807) is 7.05 Å². The molecule has 2 aromatic carbocycles. The fourth-order valence-electron chi connectivity index (χ4n) is 3.84. The molecule has 1 amide bonds. The molecular weight excluding hydrogens is 511 g/mol. The number of amides is 1. The summed E-state index contributed by atoms with van der Waals surface area (Å²) in [5, 5.41) is 1.32. The molecule has 12 heteroatoms. The summed E-state index contributed by atoms with van der Waals surface area (Å²) in [5.41, 5.74) is -1.07. The zero-order valence-corrected chi connectivity index (χ0v) is 22.3. The second-order valence-electron chi connectivity index (χ2n) is 9.91. The number of benzene rings is 2. The molecule has 2 aromatic rings. The van der Waals surface area contributed by atoms with E-state index in [-0.39, 0.29) is 18.2 Å². The minimum Gasteiger partial charge on any atom is -0.457 e. The van der Waals surface area contributed by atoms with Crippen LogP contribution in [-0.2, 0) is 25.8 Å². The molecule has 0 aromatic heterocycles. The predicted octanol–water partition coefficient (Wildman–Crippen LogP) is 4.53. The van der Waals surface area contributed by atoms with Gasteiger partial charge in [0.25, 0.3) is 5.91 Å². The molecule has 0 radical (unpaired) electrons. The molecule has 37 heavy (non-hydrogen) atoms. The lowest BCUT2D eigenvalue weighted by molar-refractivity contribution is -0.227. The highest BCUT2D eigenvalue weighted by Crippen LogP contribution is 2.32. The van der Waals surface area contributed by atoms with Gasteiger partial charge in [-0.2, -0.15) is 13.2 Å². The Labute approximate surface area is 215 Å². The summed E-state index contributed by atoms with van der Waals surface area (Å²) in [4.78, 5) is 21.0. The highest BCUT2D eigenvalue weighted by molar-refractivity contribution is 7.92. The molecule has 0 aliphatic carbocycles. The molecular formula is C25H32F3N3O5S. The Morgan fingerprint density at radius 3 is 2.00 bits per heavy atom. The van der Waals surface area contributed by atoms with Gasteiger partial charge < -0.3 is 4.74 Å². The lowest BCUT2D eigenvalue weighted by atomic mass is 10.2. The Morgan fingerprint density at radius 1 is 0.973 bits per heavy atom. The van der Waals surface area contributed by atoms with Crippen LogP contribution in [0.15, 0.2) is 48.5 Å². The van der Waals surface area contributed by atoms with Crippen LogP contribution in [0.4, 0.5) is 18.9 Å². The summed E-state index contributed by atoms with van der Waals surface area (Å²) in [6.45, 7) is 6.35. The van der Waals surface area contributed by atoms with Crippen LogP contribution in [0.1, 0.15) is 32.8 Å². The van der Waals surface area contributed by atoms with Crippen molar-refractivity contribution in [3.63, 3.8) is 0 Å². The zero-order valence-electron chi connectivity index (χ0n) is 21.4. The van der Waals surface area contributed by atoms with Gasteiger partial charge in [-0.05, 0) is 82.8 Å². The normalized spacial score (nSPS) is 18.0. The predicted molar refractivity (Wildman–Crippen MR) is 134 cm³/mol. The van der Waals surface area contributed by atoms with E-state index in [9.17, 15) is 26.4 Å². The van der Waals surface area contributed by atoms with Crippen molar-refractivity contribution in [2.24, 2.45) is 0 Å². The van der Waals surface area contributed by atoms with E-state index >= 15 is 0 Å². The third-order valence-electron chi connectivity index (χ3n) is 5.60. The summed E-state index contributed by atoms with van der Waals surface area (Å²) in [6.07, 6.45) is -2.72. The molecule has 0 spiro atoms. The molecule has 0 N–H and O–H groups in total. The van der Waals surface area contributed by atoms with Gasteiger partial charge in [0.1, 0.15) is 17.5 Å². The van der Waals surface area contributed by atoms with E-state index in [1.165, 1.54) is 41.5 Å². The molecule has 204 valence electrons. The quantitative estimate of drug-likeness (QED) is 0.511. The number of halogens is 3. The first-order chi connectivity index (χ1) is 17.0. The number of ether oxygens (including phenoxy) is 1. The number of alkyl halides is 3. The van der Waals surface area contributed by atoms with Gasteiger partial charge in [0.15, 0.2) is 0 Å². The number of likely N-dealkylation sites (N-methyl/N-ethyl adjacent to an activating group) is 1. The average Bonchev–Trinajstić information content (AvgIpc) is 2.89. The molecule has 0 bridgehead atoms. The molecule has 3 rings (SSSR count). The van der Waals surface area contributed by atoms with Crippen LogP contribution in [0.3, 0.4) is 0 Å². The van der Waals surface area contributed by atoms with Gasteiger partial charge in [-0.25, -0.2) is 13.5 Å². The van der Waals surface area contributed by atoms with Crippen molar-refractivity contribution in [2.75, 3.05) is 37.2 Å². The Balaban J connectivity index is 1.80. The molecule has 0 saturated carbocycles. The van der Waals surface area contributed by atoms with Crippen LogP contribution in [0.2, 0.25) is 0 Å². The average molecular weight is 544 g/mol. The first kappa shape index (κ1) is 28.7. The maximum atomic E-state index is 13.3. The summed E-state index contributed by atoms with van der Waals surface area (Å²) >= 11 is 0. The highest BCUT2D eigenvalue weighted by atomic mass is 32.2. The van der Waals surface area contributed by atoms with E-state index < -0.39 is 33.4 Å². The highest BCUT2D eigenvalue weighted by Gasteiger charge is 2.36. The van der Waals surface area contributed by atoms with Crippen molar-refractivity contribution in [1.29, 1.82) is 0 Å². The number of hydrogen-bond acceptors (Lipinski definition) is 6. The van der Waals surface area contributed by atoms with E-state index in [0.717, 1.165) is 22.7 Å². The number of sulfonamides is 1. The summed E-state index contributed by atoms with van der Waals surface area (Å²) in [7, 11) is -2.00. The van der Waals surface area contributed by atoms with Crippen molar-refractivity contribution >= 4 is 21.6 Å². The van der Waals surface area contributed by atoms with Crippen LogP contribution >= 0.6 is 0 Å². The Bertz CT molecular complexity index is 1180. The molecule has 1 fully saturated rings. The smallest absolute Gasteiger partial charge is 0.416 e. The molecule has 1 atom stereocenters. The number of nitrogens with zero attached hydrogens (tertiary/aromatic N) is 3. The fourth-order valence-corrected chi connectivity index (χ4v) is 4.76. The summed E-state index contributed by atoms with van der Waals surface area (Å²) in [6, 6.07) is 9.54. The number of carbonyl (C=O) groups is 1. The maximum Gasteiger partial charge on any atom is 0.416 e. The van der Waals surface area contributed by atoms with Gasteiger partial charge in [0, 0.05) is 13.1 Å².